The first-order valence-corrected chi connectivity index (χ1v) is 6.78. The van der Waals surface area contributed by atoms with Crippen molar-refractivity contribution in [2.75, 3.05) is 11.9 Å². The number of imidazole rings is 1. The van der Waals surface area contributed by atoms with Gasteiger partial charge in [0.15, 0.2) is 0 Å². The number of anilines is 1. The third kappa shape index (κ3) is 3.30. The van der Waals surface area contributed by atoms with E-state index in [-0.39, 0.29) is 5.91 Å². The molecular weight excluding hydrogens is 278 g/mol. The molecule has 20 heavy (non-hydrogen) atoms. The number of carbonyl (C=O) groups excluding carboxylic acids is 1. The van der Waals surface area contributed by atoms with Gasteiger partial charge in [-0.1, -0.05) is 0 Å². The molecule has 1 heterocycles. The molecule has 5 nitrogen and oxygen atoms in total. The van der Waals surface area contributed by atoms with Crippen LogP contribution in [0.3, 0.4) is 0 Å². The molecule has 2 aromatic rings. The van der Waals surface area contributed by atoms with Gasteiger partial charge < -0.3 is 14.6 Å². The minimum absolute atomic E-state index is 0.254. The SMILES string of the molecule is CCOc1ccc(NC(=O)c2cn(C)cn2)cc1CCl. The Morgan fingerprint density at radius 3 is 2.90 bits per heavy atom. The molecule has 6 heteroatoms. The Balaban J connectivity index is 2.15. The van der Waals surface area contributed by atoms with Crippen molar-refractivity contribution in [1.82, 2.24) is 9.55 Å². The number of nitrogens with zero attached hydrogens (tertiary/aromatic N) is 2. The molecule has 0 saturated carbocycles. The van der Waals surface area contributed by atoms with Crippen molar-refractivity contribution < 1.29 is 9.53 Å². The summed E-state index contributed by atoms with van der Waals surface area (Å²) in [4.78, 5) is 16.0. The average molecular weight is 294 g/mol. The Bertz CT molecular complexity index is 610. The highest BCUT2D eigenvalue weighted by Gasteiger charge is 2.10. The van der Waals surface area contributed by atoms with Gasteiger partial charge in [0.2, 0.25) is 0 Å². The lowest BCUT2D eigenvalue weighted by atomic mass is 10.2. The van der Waals surface area contributed by atoms with Crippen molar-refractivity contribution in [2.24, 2.45) is 7.05 Å². The quantitative estimate of drug-likeness (QED) is 0.863. The van der Waals surface area contributed by atoms with Gasteiger partial charge in [-0.15, -0.1) is 11.6 Å². The Labute approximate surface area is 122 Å². The topological polar surface area (TPSA) is 56.1 Å². The van der Waals surface area contributed by atoms with Crippen LogP contribution >= 0.6 is 11.6 Å². The highest BCUT2D eigenvalue weighted by Crippen LogP contribution is 2.24. The van der Waals surface area contributed by atoms with Crippen molar-refractivity contribution >= 4 is 23.2 Å². The molecule has 2 rings (SSSR count). The fourth-order valence-electron chi connectivity index (χ4n) is 1.78. The summed E-state index contributed by atoms with van der Waals surface area (Å²) in [5, 5.41) is 2.79. The van der Waals surface area contributed by atoms with E-state index >= 15 is 0 Å². The van der Waals surface area contributed by atoms with Gasteiger partial charge in [-0.05, 0) is 25.1 Å². The molecule has 0 aliphatic rings. The Morgan fingerprint density at radius 2 is 2.30 bits per heavy atom. The molecule has 1 amide bonds. The number of alkyl halides is 1. The number of ether oxygens (including phenoxy) is 1. The molecular formula is C14H16ClN3O2. The molecule has 0 spiro atoms. The Kier molecular flexibility index (Phi) is 4.63. The van der Waals surface area contributed by atoms with Crippen molar-refractivity contribution in [2.45, 2.75) is 12.8 Å². The lowest BCUT2D eigenvalue weighted by molar-refractivity contribution is 0.102. The molecule has 1 aromatic carbocycles. The van der Waals surface area contributed by atoms with Gasteiger partial charge in [0, 0.05) is 24.5 Å². The molecule has 0 atom stereocenters. The van der Waals surface area contributed by atoms with Gasteiger partial charge in [0.05, 0.1) is 18.8 Å². The second kappa shape index (κ2) is 6.43. The molecule has 0 aliphatic carbocycles. The number of carbonyl (C=O) groups is 1. The van der Waals surface area contributed by atoms with E-state index in [0.29, 0.717) is 23.9 Å². The van der Waals surface area contributed by atoms with Crippen LogP contribution in [0.5, 0.6) is 5.75 Å². The van der Waals surface area contributed by atoms with Crippen molar-refractivity contribution in [3.8, 4) is 5.75 Å². The normalized spacial score (nSPS) is 10.3. The molecule has 1 aromatic heterocycles. The minimum Gasteiger partial charge on any atom is -0.494 e. The number of halogens is 1. The molecule has 0 unspecified atom stereocenters. The Hall–Kier alpha value is -2.01. The van der Waals surface area contributed by atoms with Gasteiger partial charge in [0.1, 0.15) is 11.4 Å². The zero-order chi connectivity index (χ0) is 14.5. The van der Waals surface area contributed by atoms with E-state index in [4.69, 9.17) is 16.3 Å². The number of nitrogens with one attached hydrogen (secondary N) is 1. The third-order valence-electron chi connectivity index (χ3n) is 2.70. The number of aryl methyl sites for hydroxylation is 1. The van der Waals surface area contributed by atoms with E-state index in [1.54, 1.807) is 35.3 Å². The van der Waals surface area contributed by atoms with Crippen LogP contribution in [-0.4, -0.2) is 22.1 Å². The number of benzene rings is 1. The summed E-state index contributed by atoms with van der Waals surface area (Å²) in [5.41, 5.74) is 1.88. The average Bonchev–Trinajstić information content (AvgIpc) is 2.87. The van der Waals surface area contributed by atoms with Crippen LogP contribution in [-0.2, 0) is 12.9 Å². The predicted molar refractivity (Wildman–Crippen MR) is 78.3 cm³/mol. The molecule has 0 saturated heterocycles. The second-order valence-electron chi connectivity index (χ2n) is 4.27. The maximum atomic E-state index is 12.0. The molecule has 0 aliphatic heterocycles. The maximum absolute atomic E-state index is 12.0. The minimum atomic E-state index is -0.254. The zero-order valence-electron chi connectivity index (χ0n) is 11.4. The summed E-state index contributed by atoms with van der Waals surface area (Å²) < 4.78 is 7.18. The van der Waals surface area contributed by atoms with E-state index in [2.05, 4.69) is 10.3 Å². The molecule has 106 valence electrons. The lowest BCUT2D eigenvalue weighted by Crippen LogP contribution is -2.12. The van der Waals surface area contributed by atoms with Crippen molar-refractivity contribution in [1.29, 1.82) is 0 Å². The summed E-state index contributed by atoms with van der Waals surface area (Å²) in [6.45, 7) is 2.48. The number of hydrogen-bond acceptors (Lipinski definition) is 3. The van der Waals surface area contributed by atoms with Gasteiger partial charge in [-0.2, -0.15) is 0 Å². The lowest BCUT2D eigenvalue weighted by Gasteiger charge is -2.10. The first kappa shape index (κ1) is 14.4. The fraction of sp³-hybridized carbons (Fsp3) is 0.286. The van der Waals surface area contributed by atoms with E-state index in [1.165, 1.54) is 0 Å². The molecule has 0 radical (unpaired) electrons. The van der Waals surface area contributed by atoms with Crippen LogP contribution < -0.4 is 10.1 Å². The van der Waals surface area contributed by atoms with Crippen molar-refractivity contribution in [3.05, 3.63) is 42.0 Å². The second-order valence-corrected chi connectivity index (χ2v) is 4.53. The largest absolute Gasteiger partial charge is 0.494 e. The summed E-state index contributed by atoms with van der Waals surface area (Å²) in [7, 11) is 1.81. The van der Waals surface area contributed by atoms with Crippen LogP contribution in [0.25, 0.3) is 0 Å². The van der Waals surface area contributed by atoms with E-state index in [1.807, 2.05) is 14.0 Å². The first-order valence-electron chi connectivity index (χ1n) is 6.25. The smallest absolute Gasteiger partial charge is 0.275 e. The van der Waals surface area contributed by atoms with E-state index < -0.39 is 0 Å². The van der Waals surface area contributed by atoms with Gasteiger partial charge in [-0.3, -0.25) is 4.79 Å². The number of amides is 1. The van der Waals surface area contributed by atoms with Gasteiger partial charge >= 0.3 is 0 Å². The first-order chi connectivity index (χ1) is 9.63. The predicted octanol–water partition coefficient (Wildman–Crippen LogP) is 2.81. The monoisotopic (exact) mass is 293 g/mol. The van der Waals surface area contributed by atoms with Crippen LogP contribution in [0.4, 0.5) is 5.69 Å². The number of aromatic nitrogens is 2. The highest BCUT2D eigenvalue weighted by molar-refractivity contribution is 6.17. The molecule has 1 N–H and O–H groups in total. The Morgan fingerprint density at radius 1 is 1.50 bits per heavy atom. The number of rotatable bonds is 5. The van der Waals surface area contributed by atoms with E-state index in [9.17, 15) is 4.79 Å². The third-order valence-corrected chi connectivity index (χ3v) is 2.99. The van der Waals surface area contributed by atoms with Crippen LogP contribution in [0, 0.1) is 0 Å². The van der Waals surface area contributed by atoms with Crippen LogP contribution in [0.15, 0.2) is 30.7 Å². The summed E-state index contributed by atoms with van der Waals surface area (Å²) in [6.07, 6.45) is 3.24. The van der Waals surface area contributed by atoms with Gasteiger partial charge in [-0.25, -0.2) is 4.98 Å². The van der Waals surface area contributed by atoms with Crippen molar-refractivity contribution in [3.63, 3.8) is 0 Å². The van der Waals surface area contributed by atoms with Gasteiger partial charge in [0.25, 0.3) is 5.91 Å². The highest BCUT2D eigenvalue weighted by atomic mass is 35.5. The summed E-state index contributed by atoms with van der Waals surface area (Å²) >= 11 is 5.89. The fourth-order valence-corrected chi connectivity index (χ4v) is 1.99. The van der Waals surface area contributed by atoms with Crippen LogP contribution in [0.2, 0.25) is 0 Å². The van der Waals surface area contributed by atoms with Crippen LogP contribution in [0.1, 0.15) is 23.0 Å². The number of hydrogen-bond donors (Lipinski definition) is 1. The summed E-state index contributed by atoms with van der Waals surface area (Å²) in [5.74, 6) is 0.802. The standard InChI is InChI=1S/C14H16ClN3O2/c1-3-20-13-5-4-11(6-10(13)7-15)17-14(19)12-8-18(2)9-16-12/h4-6,8-9H,3,7H2,1-2H3,(H,17,19). The molecule has 0 bridgehead atoms. The van der Waals surface area contributed by atoms with E-state index in [0.717, 1.165) is 11.3 Å². The molecule has 0 fully saturated rings. The summed E-state index contributed by atoms with van der Waals surface area (Å²) in [6, 6.07) is 5.38. The maximum Gasteiger partial charge on any atom is 0.275 e. The zero-order valence-corrected chi connectivity index (χ0v) is 12.1.